The largest absolute Gasteiger partial charge is 0.383 e. The number of nitrogens with one attached hydrogen (secondary N) is 1. The fraction of sp³-hybridized carbons (Fsp3) is 0.214. The molecule has 0 atom stereocenters. The van der Waals surface area contributed by atoms with E-state index < -0.39 is 0 Å². The number of hydrogen-bond donors (Lipinski definition) is 2. The van der Waals surface area contributed by atoms with Crippen LogP contribution in [-0.4, -0.2) is 15.9 Å². The summed E-state index contributed by atoms with van der Waals surface area (Å²) in [7, 11) is 0. The van der Waals surface area contributed by atoms with Gasteiger partial charge >= 0.3 is 0 Å². The summed E-state index contributed by atoms with van der Waals surface area (Å²) in [5, 5.41) is 7.72. The highest BCUT2D eigenvalue weighted by Crippen LogP contribution is 2.21. The summed E-state index contributed by atoms with van der Waals surface area (Å²) < 4.78 is 1.92. The van der Waals surface area contributed by atoms with Gasteiger partial charge < -0.3 is 11.1 Å². The van der Waals surface area contributed by atoms with Crippen molar-refractivity contribution in [1.29, 1.82) is 0 Å². The van der Waals surface area contributed by atoms with E-state index >= 15 is 0 Å². The van der Waals surface area contributed by atoms with Crippen LogP contribution in [0, 0.1) is 6.92 Å². The van der Waals surface area contributed by atoms with Gasteiger partial charge in [0.2, 0.25) is 0 Å². The molecule has 0 saturated heterocycles. The van der Waals surface area contributed by atoms with Gasteiger partial charge in [0.25, 0.3) is 0 Å². The second kappa shape index (κ2) is 4.93. The number of anilines is 2. The predicted octanol–water partition coefficient (Wildman–Crippen LogP) is 2.94. The lowest BCUT2D eigenvalue weighted by molar-refractivity contribution is 1.02. The quantitative estimate of drug-likeness (QED) is 0.767. The Balaban J connectivity index is 1.79. The van der Waals surface area contributed by atoms with Crippen LogP contribution in [0.2, 0.25) is 0 Å². The summed E-state index contributed by atoms with van der Waals surface area (Å²) in [5.74, 6) is 0.705. The van der Waals surface area contributed by atoms with Crippen molar-refractivity contribution in [3.63, 3.8) is 0 Å². The Morgan fingerprint density at radius 2 is 2.32 bits per heavy atom. The van der Waals surface area contributed by atoms with Gasteiger partial charge in [-0.1, -0.05) is 0 Å². The van der Waals surface area contributed by atoms with Gasteiger partial charge in [-0.15, -0.1) is 0 Å². The van der Waals surface area contributed by atoms with Crippen molar-refractivity contribution in [2.24, 2.45) is 0 Å². The Morgan fingerprint density at radius 3 is 3.11 bits per heavy atom. The maximum absolute atomic E-state index is 5.99. The lowest BCUT2D eigenvalue weighted by atomic mass is 10.2. The molecule has 0 bridgehead atoms. The molecule has 0 fully saturated rings. The minimum Gasteiger partial charge on any atom is -0.383 e. The van der Waals surface area contributed by atoms with Gasteiger partial charge in [0.15, 0.2) is 5.65 Å². The Morgan fingerprint density at radius 1 is 1.42 bits per heavy atom. The van der Waals surface area contributed by atoms with Crippen molar-refractivity contribution >= 4 is 28.5 Å². The third kappa shape index (κ3) is 2.29. The molecule has 3 aromatic heterocycles. The predicted molar refractivity (Wildman–Crippen MR) is 80.9 cm³/mol. The van der Waals surface area contributed by atoms with Crippen LogP contribution >= 0.6 is 11.3 Å². The lowest BCUT2D eigenvalue weighted by Gasteiger charge is -2.07. The van der Waals surface area contributed by atoms with Gasteiger partial charge in [-0.2, -0.15) is 11.3 Å². The monoisotopic (exact) mass is 272 g/mol. The number of hydrogen-bond acceptors (Lipinski definition) is 4. The summed E-state index contributed by atoms with van der Waals surface area (Å²) in [6.07, 6.45) is 2.95. The summed E-state index contributed by atoms with van der Waals surface area (Å²) in [4.78, 5) is 4.51. The summed E-state index contributed by atoms with van der Waals surface area (Å²) >= 11 is 1.73. The molecule has 0 amide bonds. The number of nitrogens with zero attached hydrogens (tertiary/aromatic N) is 2. The van der Waals surface area contributed by atoms with Crippen LogP contribution in [0.3, 0.4) is 0 Å². The first-order valence-corrected chi connectivity index (χ1v) is 7.18. The molecule has 0 aliphatic carbocycles. The maximum atomic E-state index is 5.99. The highest BCUT2D eigenvalue weighted by Gasteiger charge is 2.08. The SMILES string of the molecule is Cc1nc2c(NCCc3ccsc3)cccn2c1N. The van der Waals surface area contributed by atoms with Gasteiger partial charge in [-0.05, 0) is 47.9 Å². The van der Waals surface area contributed by atoms with Gasteiger partial charge in [0.05, 0.1) is 11.4 Å². The number of thiophene rings is 1. The Kier molecular flexibility index (Phi) is 3.13. The fourth-order valence-corrected chi connectivity index (χ4v) is 2.82. The molecule has 5 heteroatoms. The third-order valence-electron chi connectivity index (χ3n) is 3.18. The molecule has 0 saturated carbocycles. The molecule has 19 heavy (non-hydrogen) atoms. The molecule has 4 nitrogen and oxygen atoms in total. The highest BCUT2D eigenvalue weighted by atomic mass is 32.1. The van der Waals surface area contributed by atoms with E-state index in [1.165, 1.54) is 5.56 Å². The Bertz CT molecular complexity index is 685. The molecule has 3 aromatic rings. The lowest BCUT2D eigenvalue weighted by Crippen LogP contribution is -2.06. The molecule has 3 N–H and O–H groups in total. The Labute approximate surface area is 115 Å². The first kappa shape index (κ1) is 12.0. The molecule has 3 heterocycles. The van der Waals surface area contributed by atoms with Gasteiger partial charge in [-0.3, -0.25) is 4.40 Å². The first-order valence-electron chi connectivity index (χ1n) is 6.24. The van der Waals surface area contributed by atoms with Crippen molar-refractivity contribution in [1.82, 2.24) is 9.38 Å². The molecule has 3 rings (SSSR count). The van der Waals surface area contributed by atoms with Crippen LogP contribution in [0.5, 0.6) is 0 Å². The average Bonchev–Trinajstić information content (AvgIpc) is 3.01. The van der Waals surface area contributed by atoms with Crippen LogP contribution in [0.15, 0.2) is 35.2 Å². The Hall–Kier alpha value is -2.01. The minimum absolute atomic E-state index is 0.705. The van der Waals surface area contributed by atoms with Crippen LogP contribution in [0.1, 0.15) is 11.3 Å². The van der Waals surface area contributed by atoms with E-state index in [0.717, 1.165) is 30.0 Å². The maximum Gasteiger partial charge on any atom is 0.162 e. The fourth-order valence-electron chi connectivity index (χ4n) is 2.11. The third-order valence-corrected chi connectivity index (χ3v) is 3.91. The normalized spacial score (nSPS) is 11.0. The number of aromatic nitrogens is 2. The van der Waals surface area contributed by atoms with Crippen molar-refractivity contribution in [3.05, 3.63) is 46.4 Å². The van der Waals surface area contributed by atoms with E-state index in [-0.39, 0.29) is 0 Å². The van der Waals surface area contributed by atoms with Crippen molar-refractivity contribution in [3.8, 4) is 0 Å². The number of fused-ring (bicyclic) bond motifs is 1. The van der Waals surface area contributed by atoms with Gasteiger partial charge in [-0.25, -0.2) is 4.98 Å². The van der Waals surface area contributed by atoms with E-state index in [4.69, 9.17) is 5.73 Å². The van der Waals surface area contributed by atoms with Crippen molar-refractivity contribution in [2.75, 3.05) is 17.6 Å². The molecule has 98 valence electrons. The molecule has 0 aliphatic rings. The van der Waals surface area contributed by atoms with Gasteiger partial charge in [0.1, 0.15) is 5.82 Å². The molecule has 0 radical (unpaired) electrons. The van der Waals surface area contributed by atoms with E-state index in [0.29, 0.717) is 5.82 Å². The zero-order chi connectivity index (χ0) is 13.2. The summed E-state index contributed by atoms with van der Waals surface area (Å²) in [6, 6.07) is 6.18. The molecule has 0 unspecified atom stereocenters. The van der Waals surface area contributed by atoms with Crippen molar-refractivity contribution < 1.29 is 0 Å². The minimum atomic E-state index is 0.705. The van der Waals surface area contributed by atoms with Crippen LogP contribution < -0.4 is 11.1 Å². The standard InChI is InChI=1S/C14H16N4S/c1-10-13(15)18-7-2-3-12(14(18)17-10)16-6-4-11-5-8-19-9-11/h2-3,5,7-9,16H,4,6,15H2,1H3. The van der Waals surface area contributed by atoms with E-state index in [9.17, 15) is 0 Å². The second-order valence-electron chi connectivity index (χ2n) is 4.51. The molecule has 0 aliphatic heterocycles. The molecular weight excluding hydrogens is 256 g/mol. The molecule has 0 aromatic carbocycles. The summed E-state index contributed by atoms with van der Waals surface area (Å²) in [5.41, 5.74) is 10.1. The highest BCUT2D eigenvalue weighted by molar-refractivity contribution is 7.07. The van der Waals surface area contributed by atoms with Crippen LogP contribution in [-0.2, 0) is 6.42 Å². The second-order valence-corrected chi connectivity index (χ2v) is 5.29. The van der Waals surface area contributed by atoms with E-state index in [2.05, 4.69) is 27.1 Å². The number of nitrogens with two attached hydrogens (primary N) is 1. The molecular formula is C14H16N4S. The topological polar surface area (TPSA) is 55.4 Å². The number of nitrogen functional groups attached to an aromatic ring is 1. The number of pyridine rings is 1. The smallest absolute Gasteiger partial charge is 0.162 e. The van der Waals surface area contributed by atoms with Crippen LogP contribution in [0.4, 0.5) is 11.5 Å². The van der Waals surface area contributed by atoms with Gasteiger partial charge in [0, 0.05) is 12.7 Å². The average molecular weight is 272 g/mol. The zero-order valence-electron chi connectivity index (χ0n) is 10.8. The zero-order valence-corrected chi connectivity index (χ0v) is 11.6. The van der Waals surface area contributed by atoms with Crippen LogP contribution in [0.25, 0.3) is 5.65 Å². The van der Waals surface area contributed by atoms with E-state index in [1.807, 2.05) is 29.7 Å². The summed E-state index contributed by atoms with van der Waals surface area (Å²) in [6.45, 7) is 2.82. The van der Waals surface area contributed by atoms with E-state index in [1.54, 1.807) is 11.3 Å². The number of imidazole rings is 1. The number of rotatable bonds is 4. The first-order chi connectivity index (χ1) is 9.25. The molecule has 0 spiro atoms. The number of aryl methyl sites for hydroxylation is 1. The van der Waals surface area contributed by atoms with Crippen molar-refractivity contribution in [2.45, 2.75) is 13.3 Å².